The first-order valence-corrected chi connectivity index (χ1v) is 7.29. The summed E-state index contributed by atoms with van der Waals surface area (Å²) < 4.78 is 18.2. The number of halogens is 1. The van der Waals surface area contributed by atoms with Crippen molar-refractivity contribution in [2.24, 2.45) is 0 Å². The fraction of sp³-hybridized carbons (Fsp3) is 0.562. The van der Waals surface area contributed by atoms with E-state index in [9.17, 15) is 9.18 Å². The molecule has 1 fully saturated rings. The van der Waals surface area contributed by atoms with Crippen molar-refractivity contribution in [1.29, 1.82) is 0 Å². The molecule has 1 aliphatic rings. The molecule has 1 aromatic carbocycles. The maximum Gasteiger partial charge on any atom is 0.407 e. The van der Waals surface area contributed by atoms with Crippen LogP contribution in [0.2, 0.25) is 0 Å². The summed E-state index contributed by atoms with van der Waals surface area (Å²) in [6.45, 7) is 6.17. The highest BCUT2D eigenvalue weighted by atomic mass is 19.1. The standard InChI is InChI=1S/C16H23FN2O2/c1-16(2,3)21-15(20)19-14-8-13(9-14)18-10-11-5-4-6-12(17)7-11/h4-7,13-14,18H,8-10H2,1-3H3,(H,19,20). The Morgan fingerprint density at radius 3 is 2.67 bits per heavy atom. The summed E-state index contributed by atoms with van der Waals surface area (Å²) >= 11 is 0. The Labute approximate surface area is 125 Å². The van der Waals surface area contributed by atoms with Gasteiger partial charge in [0, 0.05) is 18.6 Å². The van der Waals surface area contributed by atoms with Crippen LogP contribution in [0.4, 0.5) is 9.18 Å². The van der Waals surface area contributed by atoms with Crippen molar-refractivity contribution in [3.63, 3.8) is 0 Å². The van der Waals surface area contributed by atoms with E-state index in [4.69, 9.17) is 4.74 Å². The Morgan fingerprint density at radius 2 is 2.05 bits per heavy atom. The van der Waals surface area contributed by atoms with E-state index in [0.29, 0.717) is 12.6 Å². The molecule has 0 atom stereocenters. The third-order valence-corrected chi connectivity index (χ3v) is 3.34. The van der Waals surface area contributed by atoms with Crippen LogP contribution in [-0.4, -0.2) is 23.8 Å². The van der Waals surface area contributed by atoms with Gasteiger partial charge in [0.2, 0.25) is 0 Å². The van der Waals surface area contributed by atoms with Crippen molar-refractivity contribution >= 4 is 6.09 Å². The lowest BCUT2D eigenvalue weighted by Crippen LogP contribution is -2.52. The van der Waals surface area contributed by atoms with Crippen LogP contribution in [0.1, 0.15) is 39.2 Å². The molecule has 5 heteroatoms. The van der Waals surface area contributed by atoms with Crippen LogP contribution in [0, 0.1) is 5.82 Å². The summed E-state index contributed by atoms with van der Waals surface area (Å²) in [6, 6.07) is 7.08. The molecule has 0 aromatic heterocycles. The molecule has 0 heterocycles. The number of hydrogen-bond acceptors (Lipinski definition) is 3. The van der Waals surface area contributed by atoms with Crippen molar-refractivity contribution in [3.05, 3.63) is 35.6 Å². The van der Waals surface area contributed by atoms with Gasteiger partial charge in [-0.05, 0) is 51.3 Å². The summed E-state index contributed by atoms with van der Waals surface area (Å²) in [4.78, 5) is 11.6. The molecule has 0 bridgehead atoms. The van der Waals surface area contributed by atoms with Gasteiger partial charge in [-0.1, -0.05) is 12.1 Å². The first-order valence-electron chi connectivity index (χ1n) is 7.29. The highest BCUT2D eigenvalue weighted by Crippen LogP contribution is 2.21. The number of ether oxygens (including phenoxy) is 1. The average molecular weight is 294 g/mol. The first-order chi connectivity index (χ1) is 9.82. The van der Waals surface area contributed by atoms with Gasteiger partial charge in [-0.25, -0.2) is 9.18 Å². The van der Waals surface area contributed by atoms with E-state index in [1.165, 1.54) is 12.1 Å². The fourth-order valence-corrected chi connectivity index (χ4v) is 2.29. The van der Waals surface area contributed by atoms with Crippen LogP contribution in [0.5, 0.6) is 0 Å². The molecule has 116 valence electrons. The molecule has 21 heavy (non-hydrogen) atoms. The Bertz CT molecular complexity index is 493. The summed E-state index contributed by atoms with van der Waals surface area (Å²) in [5, 5.41) is 6.20. The molecule has 2 N–H and O–H groups in total. The monoisotopic (exact) mass is 294 g/mol. The molecule has 2 rings (SSSR count). The van der Waals surface area contributed by atoms with E-state index in [1.54, 1.807) is 6.07 Å². The highest BCUT2D eigenvalue weighted by molar-refractivity contribution is 5.68. The zero-order valence-electron chi connectivity index (χ0n) is 12.8. The smallest absolute Gasteiger partial charge is 0.407 e. The lowest BCUT2D eigenvalue weighted by atomic mass is 9.87. The number of amides is 1. The molecule has 0 aliphatic heterocycles. The fourth-order valence-electron chi connectivity index (χ4n) is 2.29. The van der Waals surface area contributed by atoms with E-state index in [0.717, 1.165) is 18.4 Å². The molecular formula is C16H23FN2O2. The number of alkyl carbamates (subject to hydrolysis) is 1. The Balaban J connectivity index is 1.64. The lowest BCUT2D eigenvalue weighted by Gasteiger charge is -2.36. The van der Waals surface area contributed by atoms with Gasteiger partial charge in [-0.3, -0.25) is 0 Å². The number of hydrogen-bond donors (Lipinski definition) is 2. The Hall–Kier alpha value is -1.62. The number of benzene rings is 1. The van der Waals surface area contributed by atoms with Gasteiger partial charge in [0.25, 0.3) is 0 Å². The minimum Gasteiger partial charge on any atom is -0.444 e. The van der Waals surface area contributed by atoms with Crippen LogP contribution in [0.25, 0.3) is 0 Å². The second kappa shape index (κ2) is 6.43. The average Bonchev–Trinajstić information content (AvgIpc) is 2.29. The first kappa shape index (κ1) is 15.8. The maximum atomic E-state index is 13.0. The summed E-state index contributed by atoms with van der Waals surface area (Å²) in [5.41, 5.74) is 0.460. The predicted octanol–water partition coefficient (Wildman–Crippen LogP) is 2.97. The van der Waals surface area contributed by atoms with Gasteiger partial charge in [0.1, 0.15) is 11.4 Å². The van der Waals surface area contributed by atoms with Crippen molar-refractivity contribution in [2.45, 2.75) is 57.8 Å². The van der Waals surface area contributed by atoms with Gasteiger partial charge in [-0.15, -0.1) is 0 Å². The van der Waals surface area contributed by atoms with Gasteiger partial charge >= 0.3 is 6.09 Å². The van der Waals surface area contributed by atoms with Crippen molar-refractivity contribution in [1.82, 2.24) is 10.6 Å². The van der Waals surface area contributed by atoms with E-state index >= 15 is 0 Å². The topological polar surface area (TPSA) is 50.4 Å². The van der Waals surface area contributed by atoms with Crippen LogP contribution >= 0.6 is 0 Å². The molecule has 1 aromatic rings. The molecule has 0 saturated heterocycles. The normalized spacial score (nSPS) is 21.5. The summed E-state index contributed by atoms with van der Waals surface area (Å²) in [6.07, 6.45) is 1.37. The molecule has 1 saturated carbocycles. The van der Waals surface area contributed by atoms with E-state index < -0.39 is 5.60 Å². The minimum absolute atomic E-state index is 0.157. The van der Waals surface area contributed by atoms with Crippen molar-refractivity contribution < 1.29 is 13.9 Å². The van der Waals surface area contributed by atoms with E-state index in [1.807, 2.05) is 26.8 Å². The van der Waals surface area contributed by atoms with Crippen LogP contribution in [0.3, 0.4) is 0 Å². The molecule has 0 spiro atoms. The number of carbonyl (C=O) groups is 1. The number of rotatable bonds is 4. The Morgan fingerprint density at radius 1 is 1.33 bits per heavy atom. The highest BCUT2D eigenvalue weighted by Gasteiger charge is 2.31. The molecule has 0 unspecified atom stereocenters. The summed E-state index contributed by atoms with van der Waals surface area (Å²) in [7, 11) is 0. The third kappa shape index (κ3) is 5.34. The second-order valence-corrected chi connectivity index (χ2v) is 6.52. The van der Waals surface area contributed by atoms with Gasteiger partial charge in [0.05, 0.1) is 0 Å². The molecule has 1 amide bonds. The predicted molar refractivity (Wildman–Crippen MR) is 79.4 cm³/mol. The summed E-state index contributed by atoms with van der Waals surface area (Å²) in [5.74, 6) is -0.215. The molecule has 1 aliphatic carbocycles. The van der Waals surface area contributed by atoms with Crippen molar-refractivity contribution in [2.75, 3.05) is 0 Å². The molecular weight excluding hydrogens is 271 g/mol. The zero-order chi connectivity index (χ0) is 15.5. The minimum atomic E-state index is -0.469. The van der Waals surface area contributed by atoms with Crippen LogP contribution < -0.4 is 10.6 Å². The van der Waals surface area contributed by atoms with Gasteiger partial charge in [0.15, 0.2) is 0 Å². The van der Waals surface area contributed by atoms with Crippen LogP contribution in [-0.2, 0) is 11.3 Å². The van der Waals surface area contributed by atoms with Crippen LogP contribution in [0.15, 0.2) is 24.3 Å². The largest absolute Gasteiger partial charge is 0.444 e. The maximum absolute atomic E-state index is 13.0. The van der Waals surface area contributed by atoms with Gasteiger partial charge < -0.3 is 15.4 Å². The number of nitrogens with one attached hydrogen (secondary N) is 2. The SMILES string of the molecule is CC(C)(C)OC(=O)NC1CC(NCc2cccc(F)c2)C1. The van der Waals surface area contributed by atoms with Gasteiger partial charge in [-0.2, -0.15) is 0 Å². The number of carbonyl (C=O) groups excluding carboxylic acids is 1. The Kier molecular flexibility index (Phi) is 4.83. The third-order valence-electron chi connectivity index (χ3n) is 3.34. The molecule has 4 nitrogen and oxygen atoms in total. The lowest BCUT2D eigenvalue weighted by molar-refractivity contribution is 0.0465. The zero-order valence-corrected chi connectivity index (χ0v) is 12.8. The quantitative estimate of drug-likeness (QED) is 0.897. The second-order valence-electron chi connectivity index (χ2n) is 6.52. The van der Waals surface area contributed by atoms with E-state index in [2.05, 4.69) is 10.6 Å². The van der Waals surface area contributed by atoms with E-state index in [-0.39, 0.29) is 18.0 Å². The van der Waals surface area contributed by atoms with Crippen molar-refractivity contribution in [3.8, 4) is 0 Å². The molecule has 0 radical (unpaired) electrons.